The lowest BCUT2D eigenvalue weighted by Crippen LogP contribution is -2.25. The average molecular weight is 529 g/mol. The van der Waals surface area contributed by atoms with Crippen LogP contribution in [0.5, 0.6) is 5.75 Å². The van der Waals surface area contributed by atoms with Gasteiger partial charge in [-0.3, -0.25) is 14.9 Å². The summed E-state index contributed by atoms with van der Waals surface area (Å²) in [6, 6.07) is 9.35. The highest BCUT2D eigenvalue weighted by atomic mass is 79.9. The second-order valence-corrected chi connectivity index (χ2v) is 8.91. The first-order valence-corrected chi connectivity index (χ1v) is 11.5. The Morgan fingerprint density at radius 3 is 2.74 bits per heavy atom. The molecular weight excluding hydrogens is 508 g/mol. The zero-order valence-corrected chi connectivity index (χ0v) is 19.6. The maximum absolute atomic E-state index is 13.3. The van der Waals surface area contributed by atoms with Crippen LogP contribution in [0, 0.1) is 10.1 Å². The molecule has 34 heavy (non-hydrogen) atoms. The lowest BCUT2D eigenvalue weighted by atomic mass is 9.88. The topological polar surface area (TPSA) is 137 Å². The van der Waals surface area contributed by atoms with E-state index in [1.807, 2.05) is 6.07 Å². The highest BCUT2D eigenvalue weighted by Crippen LogP contribution is 2.32. The SMILES string of the molecule is O=C(O)COc1ccc(C=Nn2c(C3CCCCC3)nc3ccc(Br)cc3c2=O)cc1[N+](=O)[O-]. The minimum Gasteiger partial charge on any atom is -0.479 e. The summed E-state index contributed by atoms with van der Waals surface area (Å²) < 4.78 is 7.03. The molecule has 1 N–H and O–H groups in total. The molecule has 0 aliphatic heterocycles. The first-order valence-electron chi connectivity index (χ1n) is 10.7. The van der Waals surface area contributed by atoms with Crippen LogP contribution in [0.15, 0.2) is 50.8 Å². The van der Waals surface area contributed by atoms with Gasteiger partial charge in [-0.15, -0.1) is 0 Å². The maximum atomic E-state index is 13.3. The molecule has 0 unspecified atom stereocenters. The van der Waals surface area contributed by atoms with Crippen molar-refractivity contribution in [1.29, 1.82) is 0 Å². The molecule has 176 valence electrons. The predicted molar refractivity (Wildman–Crippen MR) is 129 cm³/mol. The summed E-state index contributed by atoms with van der Waals surface area (Å²) in [6.45, 7) is -0.702. The molecule has 4 rings (SSSR count). The molecule has 11 heteroatoms. The van der Waals surface area contributed by atoms with E-state index >= 15 is 0 Å². The van der Waals surface area contributed by atoms with Gasteiger partial charge in [0.1, 0.15) is 5.82 Å². The fourth-order valence-electron chi connectivity index (χ4n) is 4.05. The summed E-state index contributed by atoms with van der Waals surface area (Å²) in [5.74, 6) is -0.744. The number of halogens is 1. The van der Waals surface area contributed by atoms with Gasteiger partial charge in [-0.1, -0.05) is 35.2 Å². The first kappa shape index (κ1) is 23.6. The van der Waals surface area contributed by atoms with Crippen LogP contribution in [0.1, 0.15) is 49.4 Å². The second kappa shape index (κ2) is 10.1. The summed E-state index contributed by atoms with van der Waals surface area (Å²) in [4.78, 5) is 39.6. The molecule has 1 aliphatic rings. The fraction of sp³-hybridized carbons (Fsp3) is 0.304. The van der Waals surface area contributed by atoms with Crippen molar-refractivity contribution in [3.63, 3.8) is 0 Å². The Morgan fingerprint density at radius 2 is 2.03 bits per heavy atom. The van der Waals surface area contributed by atoms with Gasteiger partial charge >= 0.3 is 11.7 Å². The molecule has 0 amide bonds. The van der Waals surface area contributed by atoms with E-state index in [1.165, 1.54) is 29.1 Å². The van der Waals surface area contributed by atoms with E-state index < -0.39 is 23.2 Å². The van der Waals surface area contributed by atoms with Crippen LogP contribution in [0.25, 0.3) is 10.9 Å². The lowest BCUT2D eigenvalue weighted by Gasteiger charge is -2.22. The van der Waals surface area contributed by atoms with Crippen LogP contribution < -0.4 is 10.3 Å². The Kier molecular flexibility index (Phi) is 7.01. The number of ether oxygens (including phenoxy) is 1. The van der Waals surface area contributed by atoms with Crippen molar-refractivity contribution in [3.05, 3.63) is 72.7 Å². The number of fused-ring (bicyclic) bond motifs is 1. The van der Waals surface area contributed by atoms with Crippen LogP contribution in [0.2, 0.25) is 0 Å². The number of aliphatic carboxylic acids is 1. The average Bonchev–Trinajstić information content (AvgIpc) is 2.83. The smallest absolute Gasteiger partial charge is 0.341 e. The number of aromatic nitrogens is 2. The van der Waals surface area contributed by atoms with Crippen molar-refractivity contribution in [1.82, 2.24) is 9.66 Å². The molecule has 0 spiro atoms. The van der Waals surface area contributed by atoms with Gasteiger partial charge in [-0.05, 0) is 43.2 Å². The molecule has 0 bridgehead atoms. The molecule has 1 heterocycles. The van der Waals surface area contributed by atoms with Gasteiger partial charge in [0.15, 0.2) is 12.4 Å². The molecule has 1 fully saturated rings. The van der Waals surface area contributed by atoms with E-state index in [2.05, 4.69) is 21.0 Å². The van der Waals surface area contributed by atoms with Gasteiger partial charge in [0.05, 0.1) is 22.0 Å². The van der Waals surface area contributed by atoms with Crippen molar-refractivity contribution in [2.24, 2.45) is 5.10 Å². The number of carbonyl (C=O) groups is 1. The third kappa shape index (κ3) is 5.14. The zero-order chi connectivity index (χ0) is 24.2. The van der Waals surface area contributed by atoms with E-state index in [1.54, 1.807) is 12.1 Å². The van der Waals surface area contributed by atoms with Crippen LogP contribution in [-0.2, 0) is 4.79 Å². The Labute approximate surface area is 202 Å². The molecule has 1 aliphatic carbocycles. The monoisotopic (exact) mass is 528 g/mol. The van der Waals surface area contributed by atoms with E-state index in [4.69, 9.17) is 14.8 Å². The molecule has 0 atom stereocenters. The number of carboxylic acids is 1. The molecule has 1 saturated carbocycles. The summed E-state index contributed by atoms with van der Waals surface area (Å²) in [6.07, 6.45) is 6.41. The van der Waals surface area contributed by atoms with Gasteiger partial charge in [0.25, 0.3) is 5.56 Å². The van der Waals surface area contributed by atoms with Gasteiger partial charge in [0, 0.05) is 22.0 Å². The highest BCUT2D eigenvalue weighted by Gasteiger charge is 2.23. The summed E-state index contributed by atoms with van der Waals surface area (Å²) in [5, 5.41) is 25.0. The zero-order valence-electron chi connectivity index (χ0n) is 18.0. The standard InChI is InChI=1S/C23H21BrN4O6/c24-16-7-8-18-17(11-16)23(31)27(22(26-18)15-4-2-1-3-5-15)25-12-14-6-9-20(34-13-21(29)30)19(10-14)28(32)33/h6-12,15H,1-5,13H2,(H,29,30). The van der Waals surface area contributed by atoms with Gasteiger partial charge in [-0.2, -0.15) is 9.78 Å². The van der Waals surface area contributed by atoms with Crippen LogP contribution in [0.3, 0.4) is 0 Å². The third-order valence-electron chi connectivity index (χ3n) is 5.66. The van der Waals surface area contributed by atoms with Crippen LogP contribution >= 0.6 is 15.9 Å². The molecule has 2 aromatic carbocycles. The minimum absolute atomic E-state index is 0.0905. The van der Waals surface area contributed by atoms with Gasteiger partial charge in [-0.25, -0.2) is 9.78 Å². The van der Waals surface area contributed by atoms with E-state index in [-0.39, 0.29) is 17.2 Å². The first-order chi connectivity index (χ1) is 16.3. The normalized spacial score (nSPS) is 14.5. The molecule has 10 nitrogen and oxygen atoms in total. The van der Waals surface area contributed by atoms with Crippen molar-refractivity contribution in [2.45, 2.75) is 38.0 Å². The summed E-state index contributed by atoms with van der Waals surface area (Å²) >= 11 is 3.39. The number of rotatable bonds is 7. The fourth-order valence-corrected chi connectivity index (χ4v) is 4.41. The van der Waals surface area contributed by atoms with E-state index in [0.29, 0.717) is 22.3 Å². The van der Waals surface area contributed by atoms with Gasteiger partial charge in [0.2, 0.25) is 0 Å². The Morgan fingerprint density at radius 1 is 1.26 bits per heavy atom. The molecule has 0 radical (unpaired) electrons. The molecule has 3 aromatic rings. The quantitative estimate of drug-likeness (QED) is 0.271. The largest absolute Gasteiger partial charge is 0.479 e. The number of benzene rings is 2. The summed E-state index contributed by atoms with van der Waals surface area (Å²) in [5.41, 5.74) is 0.227. The number of nitro groups is 1. The predicted octanol–water partition coefficient (Wildman–Crippen LogP) is 4.46. The minimum atomic E-state index is -1.25. The Balaban J connectivity index is 1.77. The number of hydrogen-bond donors (Lipinski definition) is 1. The maximum Gasteiger partial charge on any atom is 0.341 e. The number of hydrogen-bond acceptors (Lipinski definition) is 7. The van der Waals surface area contributed by atoms with Crippen molar-refractivity contribution in [3.8, 4) is 5.75 Å². The Hall–Kier alpha value is -3.60. The van der Waals surface area contributed by atoms with E-state index in [0.717, 1.165) is 36.6 Å². The lowest BCUT2D eigenvalue weighted by molar-refractivity contribution is -0.385. The summed E-state index contributed by atoms with van der Waals surface area (Å²) in [7, 11) is 0. The number of nitrogens with zero attached hydrogens (tertiary/aromatic N) is 4. The van der Waals surface area contributed by atoms with Crippen molar-refractivity contribution < 1.29 is 19.6 Å². The Bertz CT molecular complexity index is 1350. The molecular formula is C23H21BrN4O6. The van der Waals surface area contributed by atoms with Crippen LogP contribution in [-0.4, -0.2) is 38.5 Å². The van der Waals surface area contributed by atoms with Crippen molar-refractivity contribution >= 4 is 44.7 Å². The second-order valence-electron chi connectivity index (χ2n) is 7.99. The van der Waals surface area contributed by atoms with Crippen LogP contribution in [0.4, 0.5) is 5.69 Å². The highest BCUT2D eigenvalue weighted by molar-refractivity contribution is 9.10. The third-order valence-corrected chi connectivity index (χ3v) is 6.15. The van der Waals surface area contributed by atoms with E-state index in [9.17, 15) is 19.7 Å². The number of nitro benzene ring substituents is 1. The molecule has 1 aromatic heterocycles. The molecule has 0 saturated heterocycles. The van der Waals surface area contributed by atoms with Gasteiger partial charge < -0.3 is 9.84 Å². The van der Waals surface area contributed by atoms with Crippen molar-refractivity contribution in [2.75, 3.05) is 6.61 Å². The number of carboxylic acid groups (broad SMARTS) is 1.